The molecule has 1 N–H and O–H groups in total. The molecule has 0 bridgehead atoms. The quantitative estimate of drug-likeness (QED) is 0.690. The molecule has 5 heteroatoms. The van der Waals surface area contributed by atoms with Crippen LogP contribution >= 0.6 is 20.9 Å². The zero-order chi connectivity index (χ0) is 12.5. The lowest BCUT2D eigenvalue weighted by Gasteiger charge is -2.00. The van der Waals surface area contributed by atoms with Crippen molar-refractivity contribution >= 4 is 26.6 Å². The van der Waals surface area contributed by atoms with E-state index in [4.69, 9.17) is 0 Å². The van der Waals surface area contributed by atoms with Gasteiger partial charge in [-0.1, -0.05) is 10.3 Å². The second kappa shape index (κ2) is 4.51. The minimum absolute atomic E-state index is 0.254. The van der Waals surface area contributed by atoms with E-state index in [0.29, 0.717) is 0 Å². The first-order valence-corrected chi connectivity index (χ1v) is 7.53. The number of fused-ring (bicyclic) bond motifs is 1. The number of aryl methyl sites for hydroxylation is 1. The third-order valence-corrected chi connectivity index (χ3v) is 4.42. The third-order valence-electron chi connectivity index (χ3n) is 2.61. The number of rotatable bonds is 1. The minimum Gasteiger partial charge on any atom is -0.508 e. The smallest absolute Gasteiger partial charge is 0.115 e. The molecule has 1 heterocycles. The molecule has 0 aromatic heterocycles. The Labute approximate surface area is 112 Å². The van der Waals surface area contributed by atoms with E-state index >= 15 is 0 Å². The van der Waals surface area contributed by atoms with E-state index in [-0.39, 0.29) is 5.75 Å². The lowest BCUT2D eigenvalue weighted by atomic mass is 10.1. The second-order valence-corrected chi connectivity index (χ2v) is 5.87. The Morgan fingerprint density at radius 2 is 1.94 bits per heavy atom. The maximum absolute atomic E-state index is 9.23. The van der Waals surface area contributed by atoms with Crippen molar-refractivity contribution in [2.75, 3.05) is 0 Å². The summed E-state index contributed by atoms with van der Waals surface area (Å²) >= 11 is 0. The molecule has 0 fully saturated rings. The summed E-state index contributed by atoms with van der Waals surface area (Å²) in [7, 11) is 3.16. The highest BCUT2D eigenvalue weighted by molar-refractivity contribution is 7.68. The van der Waals surface area contributed by atoms with Crippen molar-refractivity contribution in [3.8, 4) is 16.3 Å². The fourth-order valence-corrected chi connectivity index (χ4v) is 3.65. The number of aromatic nitrogens is 1. The molecule has 0 saturated heterocycles. The van der Waals surface area contributed by atoms with Gasteiger partial charge in [0.15, 0.2) is 0 Å². The number of benzene rings is 2. The molecule has 90 valence electrons. The van der Waals surface area contributed by atoms with Gasteiger partial charge in [-0.05, 0) is 48.9 Å². The van der Waals surface area contributed by atoms with Crippen LogP contribution in [0.4, 0.5) is 5.69 Å². The maximum Gasteiger partial charge on any atom is 0.115 e. The van der Waals surface area contributed by atoms with Gasteiger partial charge >= 0.3 is 0 Å². The highest BCUT2D eigenvalue weighted by Crippen LogP contribution is 2.29. The van der Waals surface area contributed by atoms with Crippen LogP contribution in [0.15, 0.2) is 41.4 Å². The van der Waals surface area contributed by atoms with Gasteiger partial charge in [0, 0.05) is 10.5 Å². The van der Waals surface area contributed by atoms with Gasteiger partial charge in [0.1, 0.15) is 5.75 Å². The normalized spacial score (nSPS) is 12.2. The van der Waals surface area contributed by atoms with Crippen LogP contribution in [0.2, 0.25) is 0 Å². The molecule has 3 rings (SSSR count). The number of nitrogens with zero attached hydrogens (tertiary/aromatic N) is 2. The number of hydrogen-bond donors (Lipinski definition) is 1. The van der Waals surface area contributed by atoms with E-state index in [2.05, 4.69) is 9.37 Å². The average Bonchev–Trinajstić information content (AvgIpc) is 2.81. The van der Waals surface area contributed by atoms with E-state index < -0.39 is 0 Å². The lowest BCUT2D eigenvalue weighted by Crippen LogP contribution is -2.02. The van der Waals surface area contributed by atoms with Gasteiger partial charge in [-0.2, -0.15) is 4.37 Å². The van der Waals surface area contributed by atoms with E-state index in [1.807, 2.05) is 19.1 Å². The summed E-state index contributed by atoms with van der Waals surface area (Å²) in [5, 5.41) is 10.2. The van der Waals surface area contributed by atoms with Crippen LogP contribution < -0.4 is 5.36 Å². The molecular formula is C13H10N2OS2. The molecule has 1 aliphatic heterocycles. The molecule has 3 nitrogen and oxygen atoms in total. The molecule has 0 unspecified atom stereocenters. The van der Waals surface area contributed by atoms with Gasteiger partial charge in [0.05, 0.1) is 21.6 Å². The van der Waals surface area contributed by atoms with Crippen LogP contribution in [0.5, 0.6) is 5.75 Å². The highest BCUT2D eigenvalue weighted by atomic mass is 32.9. The van der Waals surface area contributed by atoms with Gasteiger partial charge in [0.2, 0.25) is 0 Å². The molecular weight excluding hydrogens is 264 g/mol. The monoisotopic (exact) mass is 274 g/mol. The first kappa shape index (κ1) is 11.4. The van der Waals surface area contributed by atoms with Gasteiger partial charge in [-0.15, -0.1) is 0 Å². The van der Waals surface area contributed by atoms with E-state index in [1.165, 1.54) is 10.5 Å². The molecule has 0 amide bonds. The fraction of sp³-hybridized carbons (Fsp3) is 0.0769. The lowest BCUT2D eigenvalue weighted by molar-refractivity contribution is 0.475. The van der Waals surface area contributed by atoms with Crippen LogP contribution in [-0.4, -0.2) is 9.48 Å². The van der Waals surface area contributed by atoms with E-state index in [9.17, 15) is 5.11 Å². The largest absolute Gasteiger partial charge is 0.508 e. The molecule has 2 aliphatic rings. The predicted octanol–water partition coefficient (Wildman–Crippen LogP) is 3.56. The highest BCUT2D eigenvalue weighted by Gasteiger charge is 2.08. The zero-order valence-corrected chi connectivity index (χ0v) is 11.3. The first-order valence-electron chi connectivity index (χ1n) is 5.42. The van der Waals surface area contributed by atoms with Crippen molar-refractivity contribution in [1.82, 2.24) is 4.37 Å². The Balaban J connectivity index is 2.14. The molecule has 18 heavy (non-hydrogen) atoms. The minimum atomic E-state index is 0.254. The Kier molecular flexibility index (Phi) is 2.85. The average molecular weight is 274 g/mol. The summed E-state index contributed by atoms with van der Waals surface area (Å²) in [5.74, 6) is 0.254. The molecule has 1 aromatic carbocycles. The van der Waals surface area contributed by atoms with Crippen molar-refractivity contribution in [2.45, 2.75) is 6.92 Å². The Morgan fingerprint density at radius 1 is 1.17 bits per heavy atom. The van der Waals surface area contributed by atoms with Crippen LogP contribution in [0.3, 0.4) is 0 Å². The number of phenols is 1. The fourth-order valence-electron chi connectivity index (χ4n) is 1.75. The van der Waals surface area contributed by atoms with Crippen LogP contribution in [0.25, 0.3) is 10.6 Å². The summed E-state index contributed by atoms with van der Waals surface area (Å²) in [6.45, 7) is 2.05. The Morgan fingerprint density at radius 3 is 2.72 bits per heavy atom. The Hall–Kier alpha value is -1.72. The summed E-state index contributed by atoms with van der Waals surface area (Å²) in [4.78, 5) is 5.71. The van der Waals surface area contributed by atoms with Gasteiger partial charge < -0.3 is 5.11 Å². The summed E-state index contributed by atoms with van der Waals surface area (Å²) in [5.41, 5.74) is 3.04. The van der Waals surface area contributed by atoms with Gasteiger partial charge in [-0.3, -0.25) is 0 Å². The summed E-state index contributed by atoms with van der Waals surface area (Å²) in [6.07, 6.45) is 0. The van der Waals surface area contributed by atoms with Crippen molar-refractivity contribution in [3.63, 3.8) is 0 Å². The Bertz CT molecular complexity index is 713. The van der Waals surface area contributed by atoms with Crippen LogP contribution in [0, 0.1) is 6.92 Å². The summed E-state index contributed by atoms with van der Waals surface area (Å²) in [6, 6.07) is 10.9. The molecule has 0 atom stereocenters. The summed E-state index contributed by atoms with van der Waals surface area (Å²) < 4.78 is 4.36. The molecule has 0 radical (unpaired) electrons. The van der Waals surface area contributed by atoms with Crippen molar-refractivity contribution in [3.05, 3.63) is 47.3 Å². The van der Waals surface area contributed by atoms with Crippen molar-refractivity contribution in [2.24, 2.45) is 4.99 Å². The van der Waals surface area contributed by atoms with E-state index in [0.717, 1.165) is 27.2 Å². The standard InChI is InChI=1S/C13H10N2OS2/c1-8-6-10(7-12-13(8)15-18-17-12)14-9-2-4-11(16)5-3-9/h2-7,16H,1H3. The third kappa shape index (κ3) is 2.14. The number of hydrogen-bond acceptors (Lipinski definition) is 5. The van der Waals surface area contributed by atoms with Gasteiger partial charge in [-0.25, -0.2) is 4.99 Å². The number of aromatic hydroxyl groups is 1. The van der Waals surface area contributed by atoms with Crippen LogP contribution in [-0.2, 0) is 0 Å². The van der Waals surface area contributed by atoms with Crippen molar-refractivity contribution in [1.29, 1.82) is 0 Å². The maximum atomic E-state index is 9.23. The zero-order valence-electron chi connectivity index (χ0n) is 9.62. The molecule has 0 saturated carbocycles. The first-order chi connectivity index (χ1) is 8.72. The molecule has 1 aliphatic carbocycles. The second-order valence-electron chi connectivity index (χ2n) is 3.99. The molecule has 0 spiro atoms. The SMILES string of the molecule is Cc1cc(=Nc2ccc(O)cc2)cc2ssnc1-2. The van der Waals surface area contributed by atoms with Gasteiger partial charge in [0.25, 0.3) is 0 Å². The van der Waals surface area contributed by atoms with E-state index in [1.54, 1.807) is 34.6 Å². The van der Waals surface area contributed by atoms with Crippen LogP contribution in [0.1, 0.15) is 5.56 Å². The molecule has 1 aromatic rings. The predicted molar refractivity (Wildman–Crippen MR) is 74.7 cm³/mol. The van der Waals surface area contributed by atoms with Crippen molar-refractivity contribution < 1.29 is 5.11 Å². The number of phenolic OH excluding ortho intramolecular Hbond substituents is 1. The topological polar surface area (TPSA) is 45.5 Å².